The number of anilines is 2. The zero-order valence-corrected chi connectivity index (χ0v) is 18.0. The Kier molecular flexibility index (Phi) is 7.30. The summed E-state index contributed by atoms with van der Waals surface area (Å²) in [6, 6.07) is 15.1. The number of para-hydroxylation sites is 2. The number of quaternary nitrogens is 1. The van der Waals surface area contributed by atoms with Gasteiger partial charge in [-0.25, -0.2) is 0 Å². The number of piperazine rings is 1. The van der Waals surface area contributed by atoms with Crippen molar-refractivity contribution in [2.45, 2.75) is 6.92 Å². The molecule has 0 aliphatic carbocycles. The van der Waals surface area contributed by atoms with Crippen LogP contribution in [0.25, 0.3) is 0 Å². The van der Waals surface area contributed by atoms with Crippen LogP contribution in [0.15, 0.2) is 48.5 Å². The molecule has 0 spiro atoms. The van der Waals surface area contributed by atoms with Crippen molar-refractivity contribution in [1.82, 2.24) is 4.90 Å². The van der Waals surface area contributed by atoms with Crippen LogP contribution in [-0.4, -0.2) is 70.1 Å². The van der Waals surface area contributed by atoms with Gasteiger partial charge < -0.3 is 24.8 Å². The fourth-order valence-corrected chi connectivity index (χ4v) is 3.62. The van der Waals surface area contributed by atoms with E-state index in [9.17, 15) is 9.59 Å². The van der Waals surface area contributed by atoms with Crippen LogP contribution in [0.5, 0.6) is 5.75 Å². The van der Waals surface area contributed by atoms with E-state index < -0.39 is 0 Å². The molecular formula is C23H31N4O3+. The number of benzene rings is 2. The number of ether oxygens (including phenoxy) is 1. The van der Waals surface area contributed by atoms with E-state index in [-0.39, 0.29) is 11.8 Å². The Morgan fingerprint density at radius 2 is 1.73 bits per heavy atom. The molecule has 0 aromatic heterocycles. The van der Waals surface area contributed by atoms with Crippen molar-refractivity contribution < 1.29 is 19.2 Å². The molecule has 160 valence electrons. The van der Waals surface area contributed by atoms with Crippen molar-refractivity contribution in [2.24, 2.45) is 0 Å². The fourth-order valence-electron chi connectivity index (χ4n) is 3.62. The lowest BCUT2D eigenvalue weighted by Gasteiger charge is -2.34. The SMILES string of the molecule is CCOc1ccccc1N1CC[NH+](CC(=O)Nc2ccc(C(=O)N(C)C)cc2)CC1. The highest BCUT2D eigenvalue weighted by Gasteiger charge is 2.24. The van der Waals surface area contributed by atoms with Gasteiger partial charge in [-0.3, -0.25) is 9.59 Å². The maximum Gasteiger partial charge on any atom is 0.279 e. The standard InChI is InChI=1S/C23H30N4O3/c1-4-30-21-8-6-5-7-20(21)27-15-13-26(14-16-27)17-22(28)24-19-11-9-18(10-12-19)23(29)25(2)3/h5-12H,4,13-17H2,1-3H3,(H,24,28)/p+1. The molecule has 1 aliphatic rings. The number of nitrogens with zero attached hydrogens (tertiary/aromatic N) is 2. The van der Waals surface area contributed by atoms with Gasteiger partial charge in [0, 0.05) is 25.3 Å². The molecule has 0 bridgehead atoms. The minimum atomic E-state index is -0.0545. The molecule has 2 aromatic carbocycles. The first-order valence-corrected chi connectivity index (χ1v) is 10.4. The summed E-state index contributed by atoms with van der Waals surface area (Å²) in [4.78, 5) is 29.5. The zero-order valence-electron chi connectivity index (χ0n) is 18.0. The van der Waals surface area contributed by atoms with E-state index in [4.69, 9.17) is 4.74 Å². The van der Waals surface area contributed by atoms with Crippen LogP contribution in [0.2, 0.25) is 0 Å². The highest BCUT2D eigenvalue weighted by Crippen LogP contribution is 2.27. The molecule has 3 rings (SSSR count). The van der Waals surface area contributed by atoms with Crippen LogP contribution in [0.4, 0.5) is 11.4 Å². The molecule has 1 saturated heterocycles. The molecule has 0 saturated carbocycles. The number of rotatable bonds is 7. The number of hydrogen-bond donors (Lipinski definition) is 2. The summed E-state index contributed by atoms with van der Waals surface area (Å²) in [6.07, 6.45) is 0. The topological polar surface area (TPSA) is 66.3 Å². The average Bonchev–Trinajstić information content (AvgIpc) is 2.75. The summed E-state index contributed by atoms with van der Waals surface area (Å²) in [7, 11) is 3.44. The Morgan fingerprint density at radius 1 is 1.07 bits per heavy atom. The van der Waals surface area contributed by atoms with E-state index in [0.29, 0.717) is 24.4 Å². The maximum absolute atomic E-state index is 12.5. The predicted molar refractivity (Wildman–Crippen MR) is 118 cm³/mol. The second-order valence-corrected chi connectivity index (χ2v) is 7.64. The third-order valence-corrected chi connectivity index (χ3v) is 5.21. The summed E-state index contributed by atoms with van der Waals surface area (Å²) in [5.74, 6) is 0.846. The monoisotopic (exact) mass is 411 g/mol. The summed E-state index contributed by atoms with van der Waals surface area (Å²) in [5, 5.41) is 2.94. The minimum Gasteiger partial charge on any atom is -0.492 e. The van der Waals surface area contributed by atoms with Crippen molar-refractivity contribution >= 4 is 23.2 Å². The third kappa shape index (κ3) is 5.51. The molecule has 2 N–H and O–H groups in total. The lowest BCUT2D eigenvalue weighted by molar-refractivity contribution is -0.892. The van der Waals surface area contributed by atoms with Crippen LogP contribution in [0.3, 0.4) is 0 Å². The number of carbonyl (C=O) groups is 2. The number of nitrogens with one attached hydrogen (secondary N) is 2. The van der Waals surface area contributed by atoms with Crippen LogP contribution in [0.1, 0.15) is 17.3 Å². The molecule has 30 heavy (non-hydrogen) atoms. The van der Waals surface area contributed by atoms with Gasteiger partial charge in [0.25, 0.3) is 11.8 Å². The average molecular weight is 412 g/mol. The molecular weight excluding hydrogens is 380 g/mol. The van der Waals surface area contributed by atoms with E-state index in [1.165, 1.54) is 9.80 Å². The summed E-state index contributed by atoms with van der Waals surface area (Å²) < 4.78 is 5.75. The van der Waals surface area contributed by atoms with Crippen LogP contribution in [-0.2, 0) is 4.79 Å². The third-order valence-electron chi connectivity index (χ3n) is 5.21. The van der Waals surface area contributed by atoms with Gasteiger partial charge in [-0.15, -0.1) is 0 Å². The van der Waals surface area contributed by atoms with E-state index in [0.717, 1.165) is 37.6 Å². The molecule has 7 heteroatoms. The Balaban J connectivity index is 1.49. The molecule has 2 amide bonds. The second-order valence-electron chi connectivity index (χ2n) is 7.64. The number of hydrogen-bond acceptors (Lipinski definition) is 4. The number of amides is 2. The molecule has 1 fully saturated rings. The quantitative estimate of drug-likeness (QED) is 0.717. The predicted octanol–water partition coefficient (Wildman–Crippen LogP) is 1.13. The van der Waals surface area contributed by atoms with E-state index in [1.807, 2.05) is 25.1 Å². The Morgan fingerprint density at radius 3 is 2.37 bits per heavy atom. The van der Waals surface area contributed by atoms with Crippen molar-refractivity contribution in [3.63, 3.8) is 0 Å². The van der Waals surface area contributed by atoms with Gasteiger partial charge in [-0.05, 0) is 43.3 Å². The van der Waals surface area contributed by atoms with Crippen molar-refractivity contribution in [2.75, 3.05) is 63.6 Å². The molecule has 2 aromatic rings. The largest absolute Gasteiger partial charge is 0.492 e. The second kappa shape index (κ2) is 10.1. The first-order valence-electron chi connectivity index (χ1n) is 10.4. The Hall–Kier alpha value is -3.06. The van der Waals surface area contributed by atoms with Crippen molar-refractivity contribution in [3.05, 3.63) is 54.1 Å². The minimum absolute atomic E-state index is 0.0140. The molecule has 0 radical (unpaired) electrons. The van der Waals surface area contributed by atoms with E-state index in [1.54, 1.807) is 38.4 Å². The van der Waals surface area contributed by atoms with Gasteiger partial charge in [0.1, 0.15) is 5.75 Å². The molecule has 1 heterocycles. The first kappa shape index (κ1) is 21.6. The summed E-state index contributed by atoms with van der Waals surface area (Å²) >= 11 is 0. The summed E-state index contributed by atoms with van der Waals surface area (Å²) in [6.45, 7) is 6.62. The van der Waals surface area contributed by atoms with Gasteiger partial charge in [0.05, 0.1) is 38.5 Å². The van der Waals surface area contributed by atoms with Crippen LogP contribution in [0, 0.1) is 0 Å². The normalized spacial score (nSPS) is 14.3. The van der Waals surface area contributed by atoms with Gasteiger partial charge in [-0.2, -0.15) is 0 Å². The zero-order chi connectivity index (χ0) is 21.5. The highest BCUT2D eigenvalue weighted by molar-refractivity contribution is 5.95. The maximum atomic E-state index is 12.5. The van der Waals surface area contributed by atoms with Gasteiger partial charge in [0.15, 0.2) is 6.54 Å². The fraction of sp³-hybridized carbons (Fsp3) is 0.391. The first-order chi connectivity index (χ1) is 14.5. The molecule has 0 unspecified atom stereocenters. The Bertz CT molecular complexity index is 859. The van der Waals surface area contributed by atoms with Gasteiger partial charge >= 0.3 is 0 Å². The van der Waals surface area contributed by atoms with E-state index in [2.05, 4.69) is 16.3 Å². The van der Waals surface area contributed by atoms with Gasteiger partial charge in [-0.1, -0.05) is 12.1 Å². The lowest BCUT2D eigenvalue weighted by Crippen LogP contribution is -3.15. The van der Waals surface area contributed by atoms with Crippen LogP contribution >= 0.6 is 0 Å². The van der Waals surface area contributed by atoms with Crippen molar-refractivity contribution in [1.29, 1.82) is 0 Å². The van der Waals surface area contributed by atoms with Gasteiger partial charge in [0.2, 0.25) is 0 Å². The molecule has 7 nitrogen and oxygen atoms in total. The Labute approximate surface area is 178 Å². The molecule has 1 aliphatic heterocycles. The highest BCUT2D eigenvalue weighted by atomic mass is 16.5. The van der Waals surface area contributed by atoms with E-state index >= 15 is 0 Å². The number of carbonyl (C=O) groups excluding carboxylic acids is 2. The van der Waals surface area contributed by atoms with Crippen LogP contribution < -0.4 is 19.9 Å². The lowest BCUT2D eigenvalue weighted by atomic mass is 10.2. The molecule has 0 atom stereocenters. The summed E-state index contributed by atoms with van der Waals surface area (Å²) in [5.41, 5.74) is 2.43. The smallest absolute Gasteiger partial charge is 0.279 e. The van der Waals surface area contributed by atoms with Crippen molar-refractivity contribution in [3.8, 4) is 5.75 Å².